The Morgan fingerprint density at radius 1 is 1.00 bits per heavy atom. The zero-order valence-electron chi connectivity index (χ0n) is 19.0. The molecular formula is C24H28N4O5. The second kappa shape index (κ2) is 9.72. The average molecular weight is 453 g/mol. The topological polar surface area (TPSA) is 105 Å². The molecule has 1 aliphatic heterocycles. The molecule has 0 unspecified atom stereocenters. The number of amides is 3. The lowest BCUT2D eigenvalue weighted by Gasteiger charge is -2.16. The monoisotopic (exact) mass is 452 g/mol. The first-order chi connectivity index (χ1) is 16.0. The minimum atomic E-state index is -0.277. The maximum absolute atomic E-state index is 12.8. The fourth-order valence-corrected chi connectivity index (χ4v) is 4.02. The molecule has 2 aromatic carbocycles. The average Bonchev–Trinajstić information content (AvgIpc) is 3.52. The summed E-state index contributed by atoms with van der Waals surface area (Å²) in [4.78, 5) is 30.1. The number of ether oxygens (including phenoxy) is 3. The maximum Gasteiger partial charge on any atom is 0.321 e. The number of methoxy groups -OCH3 is 3. The fraction of sp³-hybridized carbons (Fsp3) is 0.333. The molecule has 3 aromatic rings. The third-order valence-electron chi connectivity index (χ3n) is 5.71. The highest BCUT2D eigenvalue weighted by molar-refractivity contribution is 6.02. The van der Waals surface area contributed by atoms with Gasteiger partial charge in [0.25, 0.3) is 5.91 Å². The third kappa shape index (κ3) is 4.67. The molecule has 3 N–H and O–H groups in total. The molecule has 0 aliphatic carbocycles. The number of aromatic nitrogens is 1. The number of urea groups is 1. The van der Waals surface area contributed by atoms with Crippen LogP contribution in [0.15, 0.2) is 36.4 Å². The Kier molecular flexibility index (Phi) is 6.58. The number of rotatable bonds is 7. The quantitative estimate of drug-likeness (QED) is 0.506. The van der Waals surface area contributed by atoms with Crippen LogP contribution in [0.4, 0.5) is 10.5 Å². The van der Waals surface area contributed by atoms with Gasteiger partial charge in [0.15, 0.2) is 11.5 Å². The molecule has 1 aliphatic rings. The normalized spacial score (nSPS) is 13.1. The van der Waals surface area contributed by atoms with Gasteiger partial charge in [0.05, 0.1) is 26.8 Å². The molecule has 9 nitrogen and oxygen atoms in total. The van der Waals surface area contributed by atoms with Crippen molar-refractivity contribution in [2.45, 2.75) is 19.4 Å². The van der Waals surface area contributed by atoms with Crippen LogP contribution in [-0.2, 0) is 6.54 Å². The summed E-state index contributed by atoms with van der Waals surface area (Å²) in [6.07, 6.45) is 2.08. The standard InChI is InChI=1S/C24H28N4O5/c1-31-19-13-20(32-2)22(33-3)21-17(19)12-18(27-21)23(29)25-14-15-7-6-8-16(11-15)26-24(30)28-9-4-5-10-28/h6-8,11-13,27H,4-5,9-10,14H2,1-3H3,(H,25,29)(H,26,30). The number of nitrogens with zero attached hydrogens (tertiary/aromatic N) is 1. The Morgan fingerprint density at radius 2 is 1.76 bits per heavy atom. The van der Waals surface area contributed by atoms with Crippen molar-refractivity contribution >= 4 is 28.5 Å². The molecule has 2 heterocycles. The van der Waals surface area contributed by atoms with E-state index in [9.17, 15) is 9.59 Å². The van der Waals surface area contributed by atoms with E-state index in [1.54, 1.807) is 33.5 Å². The molecule has 0 radical (unpaired) electrons. The van der Waals surface area contributed by atoms with E-state index in [1.165, 1.54) is 0 Å². The summed E-state index contributed by atoms with van der Waals surface area (Å²) in [7, 11) is 4.64. The zero-order valence-corrected chi connectivity index (χ0v) is 19.0. The first-order valence-corrected chi connectivity index (χ1v) is 10.8. The van der Waals surface area contributed by atoms with Gasteiger partial charge in [0.2, 0.25) is 0 Å². The first-order valence-electron chi connectivity index (χ1n) is 10.8. The van der Waals surface area contributed by atoms with Crippen molar-refractivity contribution in [3.05, 3.63) is 47.7 Å². The summed E-state index contributed by atoms with van der Waals surface area (Å²) >= 11 is 0. The summed E-state index contributed by atoms with van der Waals surface area (Å²) in [5, 5.41) is 6.55. The Morgan fingerprint density at radius 3 is 2.45 bits per heavy atom. The second-order valence-corrected chi connectivity index (χ2v) is 7.79. The van der Waals surface area contributed by atoms with Crippen molar-refractivity contribution in [1.82, 2.24) is 15.2 Å². The second-order valence-electron chi connectivity index (χ2n) is 7.79. The van der Waals surface area contributed by atoms with Gasteiger partial charge < -0.3 is 34.7 Å². The van der Waals surface area contributed by atoms with Gasteiger partial charge in [-0.25, -0.2) is 4.79 Å². The lowest BCUT2D eigenvalue weighted by molar-refractivity contribution is 0.0946. The molecule has 3 amide bonds. The molecule has 0 atom stereocenters. The molecule has 4 rings (SSSR count). The fourth-order valence-electron chi connectivity index (χ4n) is 4.02. The summed E-state index contributed by atoms with van der Waals surface area (Å²) in [5.41, 5.74) is 2.56. The first kappa shape index (κ1) is 22.3. The highest BCUT2D eigenvalue weighted by Gasteiger charge is 2.20. The molecule has 33 heavy (non-hydrogen) atoms. The van der Waals surface area contributed by atoms with Crippen LogP contribution in [0, 0.1) is 0 Å². The van der Waals surface area contributed by atoms with Crippen molar-refractivity contribution in [1.29, 1.82) is 0 Å². The highest BCUT2D eigenvalue weighted by atomic mass is 16.5. The van der Waals surface area contributed by atoms with Crippen LogP contribution < -0.4 is 24.8 Å². The lowest BCUT2D eigenvalue weighted by Crippen LogP contribution is -2.32. The van der Waals surface area contributed by atoms with Gasteiger partial charge in [-0.15, -0.1) is 0 Å². The summed E-state index contributed by atoms with van der Waals surface area (Å²) in [5.74, 6) is 1.29. The van der Waals surface area contributed by atoms with Crippen LogP contribution in [-0.4, -0.2) is 56.2 Å². The number of benzene rings is 2. The maximum atomic E-state index is 12.8. The summed E-state index contributed by atoms with van der Waals surface area (Å²) < 4.78 is 16.3. The number of anilines is 1. The van der Waals surface area contributed by atoms with Crippen LogP contribution >= 0.6 is 0 Å². The van der Waals surface area contributed by atoms with Crippen LogP contribution in [0.3, 0.4) is 0 Å². The van der Waals surface area contributed by atoms with Gasteiger partial charge in [-0.1, -0.05) is 12.1 Å². The minimum absolute atomic E-state index is 0.0925. The van der Waals surface area contributed by atoms with E-state index in [0.29, 0.717) is 46.1 Å². The number of hydrogen-bond acceptors (Lipinski definition) is 5. The molecule has 1 fully saturated rings. The van der Waals surface area contributed by atoms with E-state index in [4.69, 9.17) is 14.2 Å². The number of hydrogen-bond donors (Lipinski definition) is 3. The van der Waals surface area contributed by atoms with Crippen LogP contribution in [0.2, 0.25) is 0 Å². The van der Waals surface area contributed by atoms with E-state index < -0.39 is 0 Å². The number of carbonyl (C=O) groups is 2. The highest BCUT2D eigenvalue weighted by Crippen LogP contribution is 2.41. The van der Waals surface area contributed by atoms with Gasteiger partial charge >= 0.3 is 6.03 Å². The van der Waals surface area contributed by atoms with Gasteiger partial charge in [0.1, 0.15) is 11.4 Å². The third-order valence-corrected chi connectivity index (χ3v) is 5.71. The Balaban J connectivity index is 1.47. The molecule has 1 aromatic heterocycles. The SMILES string of the molecule is COc1cc(OC)c2cc(C(=O)NCc3cccc(NC(=O)N4CCCC4)c3)[nH]c2c1OC. The Labute approximate surface area is 192 Å². The molecule has 1 saturated heterocycles. The van der Waals surface area contributed by atoms with Gasteiger partial charge in [-0.2, -0.15) is 0 Å². The van der Waals surface area contributed by atoms with Crippen molar-refractivity contribution in [2.75, 3.05) is 39.7 Å². The number of aromatic amines is 1. The molecule has 174 valence electrons. The smallest absolute Gasteiger partial charge is 0.321 e. The van der Waals surface area contributed by atoms with Gasteiger partial charge in [0, 0.05) is 36.8 Å². The molecule has 0 saturated carbocycles. The van der Waals surface area contributed by atoms with Gasteiger partial charge in [-0.3, -0.25) is 4.79 Å². The van der Waals surface area contributed by atoms with Crippen LogP contribution in [0.1, 0.15) is 28.9 Å². The molecule has 9 heteroatoms. The number of nitrogens with one attached hydrogen (secondary N) is 3. The van der Waals surface area contributed by atoms with Crippen molar-refractivity contribution in [2.24, 2.45) is 0 Å². The van der Waals surface area contributed by atoms with Crippen LogP contribution in [0.25, 0.3) is 10.9 Å². The van der Waals surface area contributed by atoms with Crippen molar-refractivity contribution in [3.63, 3.8) is 0 Å². The van der Waals surface area contributed by atoms with Crippen LogP contribution in [0.5, 0.6) is 17.2 Å². The number of fused-ring (bicyclic) bond motifs is 1. The van der Waals surface area contributed by atoms with Crippen molar-refractivity contribution in [3.8, 4) is 17.2 Å². The van der Waals surface area contributed by atoms with E-state index in [-0.39, 0.29) is 11.9 Å². The van der Waals surface area contributed by atoms with E-state index in [2.05, 4.69) is 15.6 Å². The minimum Gasteiger partial charge on any atom is -0.496 e. The van der Waals surface area contributed by atoms with Crippen molar-refractivity contribution < 1.29 is 23.8 Å². The molecule has 0 bridgehead atoms. The van der Waals surface area contributed by atoms with E-state index in [1.807, 2.05) is 29.2 Å². The Bertz CT molecular complexity index is 1170. The zero-order chi connectivity index (χ0) is 23.4. The van der Waals surface area contributed by atoms with E-state index >= 15 is 0 Å². The Hall–Kier alpha value is -3.88. The summed E-state index contributed by atoms with van der Waals surface area (Å²) in [6, 6.07) is 10.8. The molecule has 0 spiro atoms. The predicted molar refractivity (Wildman–Crippen MR) is 125 cm³/mol. The van der Waals surface area contributed by atoms with E-state index in [0.717, 1.165) is 31.5 Å². The number of H-pyrrole nitrogens is 1. The number of carbonyl (C=O) groups excluding carboxylic acids is 2. The summed E-state index contributed by atoms with van der Waals surface area (Å²) in [6.45, 7) is 1.88. The van der Waals surface area contributed by atoms with Gasteiger partial charge in [-0.05, 0) is 36.6 Å². The molecular weight excluding hydrogens is 424 g/mol. The predicted octanol–water partition coefficient (Wildman–Crippen LogP) is 3.75. The lowest BCUT2D eigenvalue weighted by atomic mass is 10.2. The number of likely N-dealkylation sites (tertiary alicyclic amines) is 1. The largest absolute Gasteiger partial charge is 0.496 e.